The van der Waals surface area contributed by atoms with Gasteiger partial charge in [-0.15, -0.1) is 11.3 Å². The maximum absolute atomic E-state index is 12.4. The standard InChI is InChI=1S/C20H17N3O3S/c24-18-15(11-13-5-4-8-21-13)16-12-17(27-20(16)23-18)19(25)22-9-10-26-14-6-2-1-3-7-14/h1-8,11-12,21H,9-10H2,(H,22,25)(H,23,24). The molecule has 0 spiro atoms. The number of aromatic amines is 1. The van der Waals surface area contributed by atoms with Gasteiger partial charge in [-0.05, 0) is 36.4 Å². The second kappa shape index (κ2) is 7.51. The first kappa shape index (κ1) is 17.1. The van der Waals surface area contributed by atoms with Gasteiger partial charge in [0.05, 0.1) is 17.0 Å². The van der Waals surface area contributed by atoms with E-state index in [0.29, 0.717) is 28.6 Å². The zero-order valence-electron chi connectivity index (χ0n) is 14.3. The van der Waals surface area contributed by atoms with Crippen LogP contribution >= 0.6 is 11.3 Å². The lowest BCUT2D eigenvalue weighted by atomic mass is 10.1. The van der Waals surface area contributed by atoms with Crippen molar-refractivity contribution in [3.05, 3.63) is 70.9 Å². The Kier molecular flexibility index (Phi) is 4.76. The number of rotatable bonds is 6. The van der Waals surface area contributed by atoms with Crippen molar-refractivity contribution in [2.75, 3.05) is 18.5 Å². The van der Waals surface area contributed by atoms with E-state index in [-0.39, 0.29) is 11.8 Å². The molecule has 3 heterocycles. The summed E-state index contributed by atoms with van der Waals surface area (Å²) in [5.41, 5.74) is 2.14. The van der Waals surface area contributed by atoms with E-state index < -0.39 is 0 Å². The molecule has 0 fully saturated rings. The van der Waals surface area contributed by atoms with Crippen LogP contribution in [0.25, 0.3) is 11.6 Å². The third-order valence-corrected chi connectivity index (χ3v) is 5.09. The molecule has 0 radical (unpaired) electrons. The molecule has 27 heavy (non-hydrogen) atoms. The fraction of sp³-hybridized carbons (Fsp3) is 0.100. The molecular formula is C20H17N3O3S. The Hall–Kier alpha value is -3.32. The minimum absolute atomic E-state index is 0.158. The monoisotopic (exact) mass is 379 g/mol. The number of anilines is 1. The molecule has 1 aliphatic heterocycles. The van der Waals surface area contributed by atoms with Gasteiger partial charge in [0.25, 0.3) is 11.8 Å². The first-order valence-corrected chi connectivity index (χ1v) is 9.29. The number of nitrogens with one attached hydrogen (secondary N) is 3. The third kappa shape index (κ3) is 3.78. The Morgan fingerprint density at radius 3 is 2.81 bits per heavy atom. The molecule has 0 saturated carbocycles. The summed E-state index contributed by atoms with van der Waals surface area (Å²) in [4.78, 5) is 28.1. The van der Waals surface area contributed by atoms with E-state index in [9.17, 15) is 9.59 Å². The fourth-order valence-electron chi connectivity index (χ4n) is 2.76. The number of benzene rings is 1. The van der Waals surface area contributed by atoms with E-state index in [0.717, 1.165) is 17.0 Å². The third-order valence-electron chi connectivity index (χ3n) is 4.04. The summed E-state index contributed by atoms with van der Waals surface area (Å²) in [5, 5.41) is 6.35. The van der Waals surface area contributed by atoms with Gasteiger partial charge < -0.3 is 20.4 Å². The Labute approximate surface area is 159 Å². The predicted octanol–water partition coefficient (Wildman–Crippen LogP) is 3.38. The summed E-state index contributed by atoms with van der Waals surface area (Å²) in [6.45, 7) is 0.781. The second-order valence-corrected chi connectivity index (χ2v) is 6.96. The maximum atomic E-state index is 12.4. The van der Waals surface area contributed by atoms with Crippen LogP contribution in [-0.4, -0.2) is 29.9 Å². The van der Waals surface area contributed by atoms with Crippen LogP contribution in [0.2, 0.25) is 0 Å². The molecule has 0 bridgehead atoms. The van der Waals surface area contributed by atoms with Crippen molar-refractivity contribution in [2.45, 2.75) is 0 Å². The number of H-pyrrole nitrogens is 1. The van der Waals surface area contributed by atoms with Gasteiger partial charge in [0.1, 0.15) is 17.4 Å². The van der Waals surface area contributed by atoms with Crippen LogP contribution < -0.4 is 15.4 Å². The van der Waals surface area contributed by atoms with Gasteiger partial charge >= 0.3 is 0 Å². The van der Waals surface area contributed by atoms with Gasteiger partial charge in [0.2, 0.25) is 0 Å². The lowest BCUT2D eigenvalue weighted by Gasteiger charge is -2.06. The Balaban J connectivity index is 1.39. The number of fused-ring (bicyclic) bond motifs is 1. The summed E-state index contributed by atoms with van der Waals surface area (Å²) >= 11 is 1.27. The summed E-state index contributed by atoms with van der Waals surface area (Å²) in [5.74, 6) is 0.428. The molecule has 0 aliphatic carbocycles. The zero-order valence-corrected chi connectivity index (χ0v) is 15.1. The molecule has 2 aromatic heterocycles. The minimum atomic E-state index is -0.181. The topological polar surface area (TPSA) is 83.2 Å². The first-order chi connectivity index (χ1) is 13.2. The van der Waals surface area contributed by atoms with E-state index in [2.05, 4.69) is 15.6 Å². The highest BCUT2D eigenvalue weighted by atomic mass is 32.1. The van der Waals surface area contributed by atoms with E-state index in [1.54, 1.807) is 18.3 Å². The van der Waals surface area contributed by atoms with Crippen LogP contribution in [0.1, 0.15) is 20.9 Å². The van der Waals surface area contributed by atoms with Gasteiger partial charge in [0, 0.05) is 17.5 Å². The Morgan fingerprint density at radius 2 is 2.04 bits per heavy atom. The van der Waals surface area contributed by atoms with Crippen molar-refractivity contribution in [1.29, 1.82) is 0 Å². The number of carbonyl (C=O) groups is 2. The number of carbonyl (C=O) groups excluding carboxylic acids is 2. The molecule has 7 heteroatoms. The van der Waals surface area contributed by atoms with E-state index in [1.165, 1.54) is 11.3 Å². The Bertz CT molecular complexity index is 991. The minimum Gasteiger partial charge on any atom is -0.492 e. The summed E-state index contributed by atoms with van der Waals surface area (Å²) < 4.78 is 5.56. The number of amides is 2. The van der Waals surface area contributed by atoms with Gasteiger partial charge in [-0.1, -0.05) is 18.2 Å². The van der Waals surface area contributed by atoms with Crippen LogP contribution in [-0.2, 0) is 4.79 Å². The largest absolute Gasteiger partial charge is 0.492 e. The molecule has 1 aliphatic rings. The number of para-hydroxylation sites is 1. The van der Waals surface area contributed by atoms with E-state index in [1.807, 2.05) is 42.5 Å². The second-order valence-electron chi connectivity index (χ2n) is 5.91. The predicted molar refractivity (Wildman–Crippen MR) is 106 cm³/mol. The number of hydrogen-bond acceptors (Lipinski definition) is 4. The van der Waals surface area contributed by atoms with Gasteiger partial charge in [0.15, 0.2) is 0 Å². The Morgan fingerprint density at radius 1 is 1.19 bits per heavy atom. The van der Waals surface area contributed by atoms with Gasteiger partial charge in [-0.3, -0.25) is 9.59 Å². The van der Waals surface area contributed by atoms with Gasteiger partial charge in [-0.2, -0.15) is 0 Å². The number of thiophene rings is 1. The van der Waals surface area contributed by atoms with Crippen molar-refractivity contribution in [3.8, 4) is 5.75 Å². The molecule has 0 atom stereocenters. The molecule has 3 N–H and O–H groups in total. The van der Waals surface area contributed by atoms with Gasteiger partial charge in [-0.25, -0.2) is 0 Å². The van der Waals surface area contributed by atoms with E-state index in [4.69, 9.17) is 4.74 Å². The van der Waals surface area contributed by atoms with Crippen molar-refractivity contribution in [1.82, 2.24) is 10.3 Å². The zero-order chi connectivity index (χ0) is 18.6. The number of hydrogen-bond donors (Lipinski definition) is 3. The number of aromatic nitrogens is 1. The molecule has 1 aromatic carbocycles. The van der Waals surface area contributed by atoms with Crippen LogP contribution in [0.15, 0.2) is 54.7 Å². The van der Waals surface area contributed by atoms with Crippen molar-refractivity contribution < 1.29 is 14.3 Å². The quantitative estimate of drug-likeness (QED) is 0.454. The molecule has 2 amide bonds. The first-order valence-electron chi connectivity index (χ1n) is 8.47. The van der Waals surface area contributed by atoms with Crippen molar-refractivity contribution >= 4 is 39.8 Å². The highest BCUT2D eigenvalue weighted by Gasteiger charge is 2.28. The fourth-order valence-corrected chi connectivity index (χ4v) is 3.74. The average Bonchev–Trinajstić information content (AvgIpc) is 3.39. The smallest absolute Gasteiger partial charge is 0.261 e. The van der Waals surface area contributed by atoms with Crippen molar-refractivity contribution in [3.63, 3.8) is 0 Å². The molecular weight excluding hydrogens is 362 g/mol. The maximum Gasteiger partial charge on any atom is 0.261 e. The highest BCUT2D eigenvalue weighted by Crippen LogP contribution is 2.39. The van der Waals surface area contributed by atoms with Crippen LogP contribution in [0, 0.1) is 0 Å². The summed E-state index contributed by atoms with van der Waals surface area (Å²) in [7, 11) is 0. The van der Waals surface area contributed by atoms with Crippen LogP contribution in [0.3, 0.4) is 0 Å². The lowest BCUT2D eigenvalue weighted by Crippen LogP contribution is -2.27. The molecule has 0 saturated heterocycles. The highest BCUT2D eigenvalue weighted by molar-refractivity contribution is 7.18. The lowest BCUT2D eigenvalue weighted by molar-refractivity contribution is -0.110. The van der Waals surface area contributed by atoms with Crippen molar-refractivity contribution in [2.24, 2.45) is 0 Å². The normalized spacial score (nSPS) is 14.1. The molecule has 3 aromatic rings. The van der Waals surface area contributed by atoms with Crippen LogP contribution in [0.5, 0.6) is 5.75 Å². The molecule has 4 rings (SSSR count). The number of ether oxygens (including phenoxy) is 1. The summed E-state index contributed by atoms with van der Waals surface area (Å²) in [6, 6.07) is 14.9. The molecule has 6 nitrogen and oxygen atoms in total. The average molecular weight is 379 g/mol. The van der Waals surface area contributed by atoms with E-state index >= 15 is 0 Å². The van der Waals surface area contributed by atoms with Crippen LogP contribution in [0.4, 0.5) is 5.00 Å². The molecule has 0 unspecified atom stereocenters. The SMILES string of the molecule is O=C1Nc2sc(C(=O)NCCOc3ccccc3)cc2C1=Cc1ccc[nH]1. The summed E-state index contributed by atoms with van der Waals surface area (Å²) in [6.07, 6.45) is 3.58. The molecule has 136 valence electrons.